The monoisotopic (exact) mass is 201 g/mol. The zero-order valence-electron chi connectivity index (χ0n) is 9.07. The van der Waals surface area contributed by atoms with Crippen LogP contribution < -0.4 is 5.73 Å². The summed E-state index contributed by atoms with van der Waals surface area (Å²) in [4.78, 5) is 4.36. The van der Waals surface area contributed by atoms with Crippen LogP contribution in [-0.2, 0) is 6.54 Å². The molecule has 2 aromatic rings. The van der Waals surface area contributed by atoms with E-state index in [1.807, 2.05) is 22.8 Å². The Balaban J connectivity index is 2.55. The fourth-order valence-corrected chi connectivity index (χ4v) is 1.69. The van der Waals surface area contributed by atoms with E-state index in [1.54, 1.807) is 6.33 Å². The van der Waals surface area contributed by atoms with Crippen molar-refractivity contribution in [2.45, 2.75) is 20.4 Å². The highest BCUT2D eigenvalue weighted by Crippen LogP contribution is 2.26. The van der Waals surface area contributed by atoms with Crippen LogP contribution in [0.25, 0.3) is 11.3 Å². The minimum absolute atomic E-state index is 0.742. The molecule has 2 rings (SSSR count). The van der Waals surface area contributed by atoms with Gasteiger partial charge < -0.3 is 10.3 Å². The first-order valence-corrected chi connectivity index (χ1v) is 5.10. The van der Waals surface area contributed by atoms with Crippen molar-refractivity contribution in [2.75, 3.05) is 5.73 Å². The molecule has 0 aliphatic carbocycles. The number of nitrogen functional groups attached to an aromatic ring is 1. The van der Waals surface area contributed by atoms with Gasteiger partial charge in [0.1, 0.15) is 11.5 Å². The molecule has 0 atom stereocenters. The molecule has 1 aromatic heterocycles. The second kappa shape index (κ2) is 3.77. The Hall–Kier alpha value is -1.77. The molecule has 0 amide bonds. The van der Waals surface area contributed by atoms with Gasteiger partial charge in [0.05, 0.1) is 6.33 Å². The molecule has 0 aliphatic rings. The van der Waals surface area contributed by atoms with Gasteiger partial charge in [0, 0.05) is 12.1 Å². The number of hydrogen-bond acceptors (Lipinski definition) is 2. The summed E-state index contributed by atoms with van der Waals surface area (Å²) in [6.45, 7) is 4.98. The third-order valence-electron chi connectivity index (χ3n) is 2.62. The summed E-state index contributed by atoms with van der Waals surface area (Å²) in [6, 6.07) is 8.15. The molecule has 3 nitrogen and oxygen atoms in total. The van der Waals surface area contributed by atoms with Crippen LogP contribution in [0.15, 0.2) is 30.6 Å². The van der Waals surface area contributed by atoms with Crippen LogP contribution in [0.2, 0.25) is 0 Å². The van der Waals surface area contributed by atoms with Crippen LogP contribution >= 0.6 is 0 Å². The lowest BCUT2D eigenvalue weighted by Crippen LogP contribution is -1.99. The average Bonchev–Trinajstić information content (AvgIpc) is 2.60. The smallest absolute Gasteiger partial charge is 0.131 e. The molecule has 1 aromatic carbocycles. The van der Waals surface area contributed by atoms with Crippen LogP contribution in [0.5, 0.6) is 0 Å². The minimum Gasteiger partial charge on any atom is -0.383 e. The molecular weight excluding hydrogens is 186 g/mol. The summed E-state index contributed by atoms with van der Waals surface area (Å²) in [5, 5.41) is 0. The molecule has 0 aliphatic heterocycles. The summed E-state index contributed by atoms with van der Waals surface area (Å²) in [5.41, 5.74) is 9.21. The van der Waals surface area contributed by atoms with Gasteiger partial charge >= 0.3 is 0 Å². The third-order valence-corrected chi connectivity index (χ3v) is 2.62. The maximum Gasteiger partial charge on any atom is 0.131 e. The highest BCUT2D eigenvalue weighted by atomic mass is 15.1. The summed E-state index contributed by atoms with van der Waals surface area (Å²) >= 11 is 0. The van der Waals surface area contributed by atoms with E-state index in [4.69, 9.17) is 5.73 Å². The lowest BCUT2D eigenvalue weighted by molar-refractivity contribution is 0.771. The molecule has 0 unspecified atom stereocenters. The molecule has 2 N–H and O–H groups in total. The van der Waals surface area contributed by atoms with Crippen LogP contribution in [0.3, 0.4) is 0 Å². The lowest BCUT2D eigenvalue weighted by Gasteiger charge is -2.04. The zero-order valence-corrected chi connectivity index (χ0v) is 9.07. The molecule has 1 heterocycles. The number of nitrogens with two attached hydrogens (primary N) is 1. The molecule has 0 spiro atoms. The van der Waals surface area contributed by atoms with E-state index in [-0.39, 0.29) is 0 Å². The number of hydrogen-bond donors (Lipinski definition) is 1. The van der Waals surface area contributed by atoms with E-state index in [9.17, 15) is 0 Å². The topological polar surface area (TPSA) is 43.8 Å². The van der Waals surface area contributed by atoms with Gasteiger partial charge in [-0.15, -0.1) is 0 Å². The normalized spacial score (nSPS) is 10.5. The molecule has 3 heteroatoms. The molecule has 0 radical (unpaired) electrons. The van der Waals surface area contributed by atoms with Crippen molar-refractivity contribution in [2.24, 2.45) is 0 Å². The van der Waals surface area contributed by atoms with Gasteiger partial charge in [0.25, 0.3) is 0 Å². The van der Waals surface area contributed by atoms with Crippen LogP contribution in [0.1, 0.15) is 12.5 Å². The minimum atomic E-state index is 0.742. The molecule has 78 valence electrons. The van der Waals surface area contributed by atoms with Gasteiger partial charge in [-0.25, -0.2) is 4.98 Å². The van der Waals surface area contributed by atoms with E-state index in [0.717, 1.165) is 23.6 Å². The summed E-state index contributed by atoms with van der Waals surface area (Å²) in [7, 11) is 0. The molecule has 0 saturated heterocycles. The van der Waals surface area contributed by atoms with Gasteiger partial charge in [-0.2, -0.15) is 0 Å². The van der Waals surface area contributed by atoms with Crippen molar-refractivity contribution >= 4 is 5.82 Å². The van der Waals surface area contributed by atoms with Crippen LogP contribution in [0, 0.1) is 6.92 Å². The first-order chi connectivity index (χ1) is 7.24. The summed E-state index contributed by atoms with van der Waals surface area (Å²) in [5.74, 6) is 0.742. The molecular formula is C12H15N3. The largest absolute Gasteiger partial charge is 0.383 e. The molecule has 0 fully saturated rings. The van der Waals surface area contributed by atoms with Gasteiger partial charge in [0.15, 0.2) is 0 Å². The first-order valence-electron chi connectivity index (χ1n) is 5.10. The number of aromatic nitrogens is 2. The maximum atomic E-state index is 6.02. The third kappa shape index (κ3) is 1.61. The van der Waals surface area contributed by atoms with E-state index >= 15 is 0 Å². The fraction of sp³-hybridized carbons (Fsp3) is 0.250. The number of rotatable bonds is 2. The highest BCUT2D eigenvalue weighted by molar-refractivity contribution is 5.72. The van der Waals surface area contributed by atoms with E-state index in [1.165, 1.54) is 5.56 Å². The highest BCUT2D eigenvalue weighted by Gasteiger charge is 2.10. The second-order valence-corrected chi connectivity index (χ2v) is 3.58. The van der Waals surface area contributed by atoms with Crippen molar-refractivity contribution in [1.29, 1.82) is 0 Å². The molecule has 0 bridgehead atoms. The zero-order chi connectivity index (χ0) is 10.8. The Morgan fingerprint density at radius 1 is 1.33 bits per heavy atom. The van der Waals surface area contributed by atoms with E-state index in [2.05, 4.69) is 24.9 Å². The Kier molecular flexibility index (Phi) is 2.46. The lowest BCUT2D eigenvalue weighted by atomic mass is 10.1. The predicted molar refractivity (Wildman–Crippen MR) is 62.5 cm³/mol. The Morgan fingerprint density at radius 2 is 2.07 bits per heavy atom. The van der Waals surface area contributed by atoms with E-state index < -0.39 is 0 Å². The van der Waals surface area contributed by atoms with Crippen molar-refractivity contribution in [3.05, 3.63) is 36.2 Å². The number of anilines is 1. The van der Waals surface area contributed by atoms with Gasteiger partial charge in [-0.05, 0) is 19.4 Å². The second-order valence-electron chi connectivity index (χ2n) is 3.58. The number of nitrogens with zero attached hydrogens (tertiary/aromatic N) is 2. The average molecular weight is 201 g/mol. The standard InChI is InChI=1S/C12H15N3/c1-3-15-8-14-11(12(15)13)10-7-5-4-6-9(10)2/h4-8H,3,13H2,1-2H3. The SMILES string of the molecule is CCn1cnc(-c2ccccc2C)c1N. The molecule has 0 saturated carbocycles. The number of benzene rings is 1. The summed E-state index contributed by atoms with van der Waals surface area (Å²) < 4.78 is 1.95. The van der Waals surface area contributed by atoms with Crippen molar-refractivity contribution < 1.29 is 0 Å². The fourth-order valence-electron chi connectivity index (χ4n) is 1.69. The molecule has 15 heavy (non-hydrogen) atoms. The van der Waals surface area contributed by atoms with Crippen molar-refractivity contribution in [3.63, 3.8) is 0 Å². The van der Waals surface area contributed by atoms with Gasteiger partial charge in [0.2, 0.25) is 0 Å². The van der Waals surface area contributed by atoms with E-state index in [0.29, 0.717) is 0 Å². The predicted octanol–water partition coefficient (Wildman–Crippen LogP) is 2.46. The number of aryl methyl sites for hydroxylation is 2. The van der Waals surface area contributed by atoms with Gasteiger partial charge in [-0.1, -0.05) is 24.3 Å². The quantitative estimate of drug-likeness (QED) is 0.811. The Morgan fingerprint density at radius 3 is 2.67 bits per heavy atom. The Labute approximate surface area is 89.6 Å². The number of imidazole rings is 1. The van der Waals surface area contributed by atoms with Crippen LogP contribution in [0.4, 0.5) is 5.82 Å². The maximum absolute atomic E-state index is 6.02. The Bertz CT molecular complexity index is 471. The van der Waals surface area contributed by atoms with Gasteiger partial charge in [-0.3, -0.25) is 0 Å². The van der Waals surface area contributed by atoms with Crippen LogP contribution in [-0.4, -0.2) is 9.55 Å². The first kappa shape index (κ1) is 9.77. The van der Waals surface area contributed by atoms with Crippen molar-refractivity contribution in [3.8, 4) is 11.3 Å². The summed E-state index contributed by atoms with van der Waals surface area (Å²) in [6.07, 6.45) is 1.79. The van der Waals surface area contributed by atoms with Crippen molar-refractivity contribution in [1.82, 2.24) is 9.55 Å².